The summed E-state index contributed by atoms with van der Waals surface area (Å²) in [7, 11) is -4.72. The Kier molecular flexibility index (Phi) is 2.51. The van der Waals surface area contributed by atoms with E-state index < -0.39 is 37.1 Å². The van der Waals surface area contributed by atoms with E-state index in [0.717, 1.165) is 0 Å². The molecule has 0 amide bonds. The zero-order valence-corrected chi connectivity index (χ0v) is 7.93. The van der Waals surface area contributed by atoms with Crippen molar-refractivity contribution in [2.45, 2.75) is 4.90 Å². The van der Waals surface area contributed by atoms with Crippen LogP contribution in [0.5, 0.6) is 5.75 Å². The SMILES string of the molecule is Nc1cc(O)c(S(=O)(=O)O)cc1[N+](=O)[O-]. The highest BCUT2D eigenvalue weighted by atomic mass is 32.2. The number of benzene rings is 1. The van der Waals surface area contributed by atoms with Crippen LogP contribution in [0.2, 0.25) is 0 Å². The van der Waals surface area contributed by atoms with Crippen molar-refractivity contribution >= 4 is 21.5 Å². The number of nitrogens with zero attached hydrogens (tertiary/aromatic N) is 1. The van der Waals surface area contributed by atoms with E-state index in [1.165, 1.54) is 0 Å². The maximum absolute atomic E-state index is 10.7. The number of nitrogens with two attached hydrogens (primary N) is 1. The number of nitrogen functional groups attached to an aromatic ring is 1. The zero-order valence-electron chi connectivity index (χ0n) is 7.11. The molecule has 1 aromatic rings. The number of anilines is 1. The third-order valence-electron chi connectivity index (χ3n) is 1.58. The summed E-state index contributed by atoms with van der Waals surface area (Å²) in [6.45, 7) is 0. The average Bonchev–Trinajstić information content (AvgIpc) is 2.00. The average molecular weight is 234 g/mol. The molecule has 0 aliphatic carbocycles. The van der Waals surface area contributed by atoms with Crippen molar-refractivity contribution in [2.75, 3.05) is 5.73 Å². The van der Waals surface area contributed by atoms with Crippen molar-refractivity contribution in [3.05, 3.63) is 22.2 Å². The van der Waals surface area contributed by atoms with Crippen molar-refractivity contribution < 1.29 is 23.0 Å². The lowest BCUT2D eigenvalue weighted by molar-refractivity contribution is -0.384. The van der Waals surface area contributed by atoms with Crippen LogP contribution in [0.3, 0.4) is 0 Å². The molecule has 15 heavy (non-hydrogen) atoms. The molecule has 0 aliphatic heterocycles. The summed E-state index contributed by atoms with van der Waals surface area (Å²) in [4.78, 5) is 8.50. The lowest BCUT2D eigenvalue weighted by Gasteiger charge is -2.02. The van der Waals surface area contributed by atoms with E-state index in [9.17, 15) is 18.5 Å². The Morgan fingerprint density at radius 1 is 1.40 bits per heavy atom. The van der Waals surface area contributed by atoms with E-state index in [1.807, 2.05) is 0 Å². The molecular weight excluding hydrogens is 228 g/mol. The number of phenolic OH excluding ortho intramolecular Hbond substituents is 1. The topological polar surface area (TPSA) is 144 Å². The first-order valence-electron chi connectivity index (χ1n) is 3.48. The molecule has 0 bridgehead atoms. The molecule has 1 rings (SSSR count). The largest absolute Gasteiger partial charge is 0.506 e. The Morgan fingerprint density at radius 2 is 1.93 bits per heavy atom. The molecule has 0 saturated heterocycles. The summed E-state index contributed by atoms with van der Waals surface area (Å²) >= 11 is 0. The number of nitro groups is 1. The maximum Gasteiger partial charge on any atom is 0.298 e. The van der Waals surface area contributed by atoms with Gasteiger partial charge in [-0.2, -0.15) is 8.42 Å². The Balaban J connectivity index is 3.58. The number of hydrogen-bond donors (Lipinski definition) is 3. The normalized spacial score (nSPS) is 11.3. The van der Waals surface area contributed by atoms with Crippen molar-refractivity contribution in [3.8, 4) is 5.75 Å². The highest BCUT2D eigenvalue weighted by Crippen LogP contribution is 2.32. The highest BCUT2D eigenvalue weighted by Gasteiger charge is 2.22. The predicted molar refractivity (Wildman–Crippen MR) is 49.0 cm³/mol. The van der Waals surface area contributed by atoms with E-state index in [4.69, 9.17) is 15.4 Å². The van der Waals surface area contributed by atoms with Crippen LogP contribution in [0.15, 0.2) is 17.0 Å². The molecule has 0 atom stereocenters. The number of nitro benzene ring substituents is 1. The number of hydrogen-bond acceptors (Lipinski definition) is 6. The van der Waals surface area contributed by atoms with Crippen LogP contribution in [-0.2, 0) is 10.1 Å². The van der Waals surface area contributed by atoms with Gasteiger partial charge in [-0.3, -0.25) is 14.7 Å². The predicted octanol–water partition coefficient (Wildman–Crippen LogP) is 0.129. The fraction of sp³-hybridized carbons (Fsp3) is 0. The van der Waals surface area contributed by atoms with Gasteiger partial charge in [0.25, 0.3) is 15.8 Å². The van der Waals surface area contributed by atoms with E-state index >= 15 is 0 Å². The molecule has 0 aliphatic rings. The zero-order chi connectivity index (χ0) is 11.8. The van der Waals surface area contributed by atoms with Gasteiger partial charge in [-0.25, -0.2) is 0 Å². The quantitative estimate of drug-likeness (QED) is 0.285. The minimum absolute atomic E-state index is 0.398. The van der Waals surface area contributed by atoms with Gasteiger partial charge in [0, 0.05) is 12.1 Å². The van der Waals surface area contributed by atoms with Gasteiger partial charge in [0.2, 0.25) is 0 Å². The minimum atomic E-state index is -4.72. The Labute approximate surface area is 83.8 Å². The van der Waals surface area contributed by atoms with Crippen molar-refractivity contribution in [1.82, 2.24) is 0 Å². The highest BCUT2D eigenvalue weighted by molar-refractivity contribution is 7.86. The van der Waals surface area contributed by atoms with Gasteiger partial charge in [0.15, 0.2) is 0 Å². The van der Waals surface area contributed by atoms with Gasteiger partial charge < -0.3 is 10.8 Å². The first-order chi connectivity index (χ1) is 6.73. The molecule has 1 aromatic carbocycles. The molecule has 0 unspecified atom stereocenters. The molecule has 0 saturated carbocycles. The van der Waals surface area contributed by atoms with E-state index in [2.05, 4.69) is 0 Å². The van der Waals surface area contributed by atoms with Gasteiger partial charge in [-0.15, -0.1) is 0 Å². The van der Waals surface area contributed by atoms with Crippen molar-refractivity contribution in [3.63, 3.8) is 0 Å². The van der Waals surface area contributed by atoms with Gasteiger partial charge >= 0.3 is 0 Å². The second-order valence-electron chi connectivity index (χ2n) is 2.61. The van der Waals surface area contributed by atoms with Crippen LogP contribution in [0, 0.1) is 10.1 Å². The smallest absolute Gasteiger partial charge is 0.298 e. The monoisotopic (exact) mass is 234 g/mol. The number of phenols is 1. The van der Waals surface area contributed by atoms with Crippen molar-refractivity contribution in [1.29, 1.82) is 0 Å². The number of rotatable bonds is 2. The first kappa shape index (κ1) is 11.2. The molecule has 8 nitrogen and oxygen atoms in total. The van der Waals surface area contributed by atoms with Crippen LogP contribution in [0.4, 0.5) is 11.4 Å². The second-order valence-corrected chi connectivity index (χ2v) is 4.00. The summed E-state index contributed by atoms with van der Waals surface area (Å²) < 4.78 is 30.0. The molecule has 0 aromatic heterocycles. The summed E-state index contributed by atoms with van der Waals surface area (Å²) in [5.74, 6) is -0.847. The Hall–Kier alpha value is -1.87. The van der Waals surface area contributed by atoms with Gasteiger partial charge in [0.1, 0.15) is 16.3 Å². The van der Waals surface area contributed by atoms with Gasteiger partial charge in [0.05, 0.1) is 4.92 Å². The molecule has 82 valence electrons. The molecular formula is C6H6N2O6S. The lowest BCUT2D eigenvalue weighted by Crippen LogP contribution is -2.02. The van der Waals surface area contributed by atoms with E-state index in [-0.39, 0.29) is 0 Å². The Bertz CT molecular complexity index is 523. The molecule has 0 spiro atoms. The molecule has 0 heterocycles. The van der Waals surface area contributed by atoms with Crippen LogP contribution in [0.25, 0.3) is 0 Å². The first-order valence-corrected chi connectivity index (χ1v) is 4.92. The third kappa shape index (κ3) is 2.14. The standard InChI is InChI=1S/C6H6N2O6S/c7-3-1-5(9)6(15(12,13)14)2-4(3)8(10)11/h1-2,9H,7H2,(H,12,13,14). The van der Waals surface area contributed by atoms with Crippen molar-refractivity contribution in [2.24, 2.45) is 0 Å². The van der Waals surface area contributed by atoms with E-state index in [1.54, 1.807) is 0 Å². The van der Waals surface area contributed by atoms with E-state index in [0.29, 0.717) is 12.1 Å². The van der Waals surface area contributed by atoms with Gasteiger partial charge in [-0.05, 0) is 0 Å². The molecule has 9 heteroatoms. The molecule has 0 fully saturated rings. The van der Waals surface area contributed by atoms with Crippen LogP contribution in [0.1, 0.15) is 0 Å². The van der Waals surface area contributed by atoms with Crippen LogP contribution < -0.4 is 5.73 Å². The molecule has 4 N–H and O–H groups in total. The Morgan fingerprint density at radius 3 is 2.33 bits per heavy atom. The third-order valence-corrected chi connectivity index (χ3v) is 2.47. The maximum atomic E-state index is 10.7. The summed E-state index contributed by atoms with van der Waals surface area (Å²) in [6.07, 6.45) is 0. The van der Waals surface area contributed by atoms with Crippen LogP contribution >= 0.6 is 0 Å². The fourth-order valence-electron chi connectivity index (χ4n) is 0.939. The minimum Gasteiger partial charge on any atom is -0.506 e. The summed E-state index contributed by atoms with van der Waals surface area (Å²) in [5.41, 5.74) is 4.05. The second kappa shape index (κ2) is 3.37. The number of aromatic hydroxyl groups is 1. The molecule has 0 radical (unpaired) electrons. The fourth-order valence-corrected chi connectivity index (χ4v) is 1.52. The lowest BCUT2D eigenvalue weighted by atomic mass is 10.2. The summed E-state index contributed by atoms with van der Waals surface area (Å²) in [5, 5.41) is 19.5. The van der Waals surface area contributed by atoms with Gasteiger partial charge in [-0.1, -0.05) is 0 Å². The summed E-state index contributed by atoms with van der Waals surface area (Å²) in [6, 6.07) is 1.17. The van der Waals surface area contributed by atoms with Crippen LogP contribution in [-0.4, -0.2) is 23.0 Å².